The highest BCUT2D eigenvalue weighted by Crippen LogP contribution is 2.53. The molecule has 5 aromatic rings. The summed E-state index contributed by atoms with van der Waals surface area (Å²) >= 11 is 0. The molecule has 6 heteroatoms. The van der Waals surface area contributed by atoms with Crippen LogP contribution < -0.4 is 28.7 Å². The third-order valence-corrected chi connectivity index (χ3v) is 10.1. The van der Waals surface area contributed by atoms with Crippen molar-refractivity contribution in [1.29, 1.82) is 0 Å². The molecule has 5 aromatic carbocycles. The molecule has 6 aliphatic rings. The Balaban J connectivity index is 0.971. The Bertz CT molecular complexity index is 2160. The molecule has 0 spiro atoms. The summed E-state index contributed by atoms with van der Waals surface area (Å²) in [6, 6.07) is 38.1. The zero-order valence-corrected chi connectivity index (χ0v) is 25.7. The summed E-state index contributed by atoms with van der Waals surface area (Å²) in [5.41, 5.74) is 8.59. The van der Waals surface area contributed by atoms with Crippen molar-refractivity contribution >= 4 is 22.7 Å². The lowest BCUT2D eigenvalue weighted by atomic mass is 9.93. The SMILES string of the molecule is C1=CC2Oc3ccccc3N3c4ccc(-c5cccc(-c6ccc7c(c6)OC6=CC=CC8Oc9ccccc9N7C68)c5)cc4OC(=C1)C23. The molecule has 0 amide bonds. The van der Waals surface area contributed by atoms with Crippen LogP contribution in [0.25, 0.3) is 22.3 Å². The van der Waals surface area contributed by atoms with E-state index >= 15 is 0 Å². The Morgan fingerprint density at radius 1 is 0.417 bits per heavy atom. The Hall–Kier alpha value is -6.14. The van der Waals surface area contributed by atoms with Gasteiger partial charge in [-0.25, -0.2) is 0 Å². The average Bonchev–Trinajstić information content (AvgIpc) is 3.14. The minimum atomic E-state index is -0.110. The first-order valence-electron chi connectivity index (χ1n) is 16.4. The van der Waals surface area contributed by atoms with Crippen LogP contribution in [0, 0.1) is 0 Å². The van der Waals surface area contributed by atoms with Crippen molar-refractivity contribution in [2.75, 3.05) is 9.80 Å². The van der Waals surface area contributed by atoms with Crippen LogP contribution in [0.2, 0.25) is 0 Å². The second-order valence-corrected chi connectivity index (χ2v) is 12.8. The minimum absolute atomic E-state index is 0.0368. The molecule has 0 N–H and O–H groups in total. The number of allylic oxidation sites excluding steroid dienone is 4. The van der Waals surface area contributed by atoms with Gasteiger partial charge in [0.15, 0.2) is 11.5 Å². The smallest absolute Gasteiger partial charge is 0.151 e. The Morgan fingerprint density at radius 3 is 1.40 bits per heavy atom. The lowest BCUT2D eigenvalue weighted by Crippen LogP contribution is -2.51. The van der Waals surface area contributed by atoms with Crippen LogP contribution in [0.4, 0.5) is 22.7 Å². The van der Waals surface area contributed by atoms with Crippen LogP contribution in [0.3, 0.4) is 0 Å². The molecule has 2 aliphatic carbocycles. The third kappa shape index (κ3) is 3.68. The third-order valence-electron chi connectivity index (χ3n) is 10.1. The molecule has 4 heterocycles. The molecule has 4 aliphatic heterocycles. The molecule has 0 fully saturated rings. The van der Waals surface area contributed by atoms with Crippen molar-refractivity contribution in [2.45, 2.75) is 24.3 Å². The van der Waals surface area contributed by atoms with E-state index in [9.17, 15) is 0 Å². The fraction of sp³-hybridized carbons (Fsp3) is 0.0952. The summed E-state index contributed by atoms with van der Waals surface area (Å²) in [7, 11) is 0. The fourth-order valence-electron chi connectivity index (χ4n) is 7.94. The van der Waals surface area contributed by atoms with Gasteiger partial charge < -0.3 is 28.7 Å². The molecule has 0 bridgehead atoms. The number of anilines is 4. The van der Waals surface area contributed by atoms with E-state index in [0.29, 0.717) is 0 Å². The molecule has 4 atom stereocenters. The molecule has 0 aromatic heterocycles. The standard InChI is InChI=1S/C42H28N2O4/c1-3-12-33-29(10-1)43-31-20-18-27(23-39(31)47-37-16-6-14-35(45-33)41(37)43)25-8-5-9-26(22-25)28-19-21-32-40(24-28)48-38-17-7-15-36-42(38)44(32)30-11-2-4-13-34(30)46-36/h1-24,35-36,41-42H. The fourth-order valence-corrected chi connectivity index (χ4v) is 7.94. The quantitative estimate of drug-likeness (QED) is 0.195. The summed E-state index contributed by atoms with van der Waals surface area (Å²) < 4.78 is 25.9. The summed E-state index contributed by atoms with van der Waals surface area (Å²) in [5, 5.41) is 0. The molecule has 0 saturated carbocycles. The van der Waals surface area contributed by atoms with Gasteiger partial charge in [0.1, 0.15) is 47.3 Å². The second-order valence-electron chi connectivity index (χ2n) is 12.8. The molecular formula is C42H28N2O4. The van der Waals surface area contributed by atoms with Crippen LogP contribution in [-0.2, 0) is 0 Å². The number of rotatable bonds is 2. The number of hydrogen-bond donors (Lipinski definition) is 0. The Labute approximate surface area is 277 Å². The summed E-state index contributed by atoms with van der Waals surface area (Å²) in [6.45, 7) is 0. The molecule has 0 saturated heterocycles. The van der Waals surface area contributed by atoms with E-state index in [1.165, 1.54) is 0 Å². The van der Waals surface area contributed by atoms with E-state index in [4.69, 9.17) is 18.9 Å². The van der Waals surface area contributed by atoms with Crippen molar-refractivity contribution in [3.8, 4) is 45.3 Å². The molecule has 11 rings (SSSR count). The number of nitrogens with zero attached hydrogens (tertiary/aromatic N) is 2. The lowest BCUT2D eigenvalue weighted by Gasteiger charge is -2.47. The number of fused-ring (bicyclic) bond motifs is 8. The predicted molar refractivity (Wildman–Crippen MR) is 187 cm³/mol. The first kappa shape index (κ1) is 26.0. The molecule has 0 radical (unpaired) electrons. The Kier molecular flexibility index (Phi) is 5.24. The molecule has 230 valence electrons. The Morgan fingerprint density at radius 2 is 0.875 bits per heavy atom. The maximum Gasteiger partial charge on any atom is 0.151 e. The van der Waals surface area contributed by atoms with Gasteiger partial charge >= 0.3 is 0 Å². The highest BCUT2D eigenvalue weighted by atomic mass is 16.5. The highest BCUT2D eigenvalue weighted by Gasteiger charge is 2.45. The number of hydrogen-bond acceptors (Lipinski definition) is 6. The number of ether oxygens (including phenoxy) is 4. The van der Waals surface area contributed by atoms with Gasteiger partial charge in [0.05, 0.1) is 22.7 Å². The average molecular weight is 625 g/mol. The highest BCUT2D eigenvalue weighted by molar-refractivity contribution is 5.85. The van der Waals surface area contributed by atoms with Crippen molar-refractivity contribution in [3.05, 3.63) is 157 Å². The van der Waals surface area contributed by atoms with E-state index in [0.717, 1.165) is 79.5 Å². The van der Waals surface area contributed by atoms with Crippen molar-refractivity contribution in [2.24, 2.45) is 0 Å². The zero-order chi connectivity index (χ0) is 31.3. The topological polar surface area (TPSA) is 43.4 Å². The van der Waals surface area contributed by atoms with Crippen molar-refractivity contribution in [1.82, 2.24) is 0 Å². The van der Waals surface area contributed by atoms with Crippen LogP contribution in [0.1, 0.15) is 0 Å². The van der Waals surface area contributed by atoms with Crippen molar-refractivity contribution in [3.63, 3.8) is 0 Å². The molecule has 48 heavy (non-hydrogen) atoms. The van der Waals surface area contributed by atoms with Gasteiger partial charge in [0.25, 0.3) is 0 Å². The van der Waals surface area contributed by atoms with Gasteiger partial charge in [0, 0.05) is 0 Å². The van der Waals surface area contributed by atoms with Gasteiger partial charge in [-0.1, -0.05) is 66.7 Å². The second kappa shape index (κ2) is 9.69. The summed E-state index contributed by atoms with van der Waals surface area (Å²) in [4.78, 5) is 4.73. The van der Waals surface area contributed by atoms with Gasteiger partial charge in [-0.2, -0.15) is 0 Å². The first-order chi connectivity index (χ1) is 23.8. The van der Waals surface area contributed by atoms with E-state index in [-0.39, 0.29) is 24.3 Å². The van der Waals surface area contributed by atoms with Crippen LogP contribution in [0.5, 0.6) is 23.0 Å². The van der Waals surface area contributed by atoms with Gasteiger partial charge in [0.2, 0.25) is 0 Å². The van der Waals surface area contributed by atoms with Gasteiger partial charge in [-0.15, -0.1) is 0 Å². The van der Waals surface area contributed by atoms with E-state index in [2.05, 4.69) is 119 Å². The summed E-state index contributed by atoms with van der Waals surface area (Å²) in [5.74, 6) is 5.22. The normalized spacial score (nSPS) is 22.8. The molecular weight excluding hydrogens is 596 g/mol. The number of para-hydroxylation sites is 4. The van der Waals surface area contributed by atoms with Crippen LogP contribution in [-0.4, -0.2) is 24.3 Å². The minimum Gasteiger partial charge on any atom is -0.481 e. The van der Waals surface area contributed by atoms with Gasteiger partial charge in [-0.3, -0.25) is 0 Å². The largest absolute Gasteiger partial charge is 0.481 e. The maximum atomic E-state index is 6.58. The maximum absolute atomic E-state index is 6.58. The van der Waals surface area contributed by atoms with Crippen molar-refractivity contribution < 1.29 is 18.9 Å². The molecule has 6 nitrogen and oxygen atoms in total. The zero-order valence-electron chi connectivity index (χ0n) is 25.7. The van der Waals surface area contributed by atoms with E-state index in [1.54, 1.807) is 0 Å². The monoisotopic (exact) mass is 624 g/mol. The van der Waals surface area contributed by atoms with E-state index in [1.807, 2.05) is 36.4 Å². The van der Waals surface area contributed by atoms with Gasteiger partial charge in [-0.05, 0) is 101 Å². The molecule has 4 unspecified atom stereocenters. The predicted octanol–water partition coefficient (Wildman–Crippen LogP) is 9.25. The summed E-state index contributed by atoms with van der Waals surface area (Å²) in [6.07, 6.45) is 12.2. The van der Waals surface area contributed by atoms with E-state index < -0.39 is 0 Å². The van der Waals surface area contributed by atoms with Crippen LogP contribution >= 0.6 is 0 Å². The number of benzene rings is 5. The van der Waals surface area contributed by atoms with Crippen LogP contribution in [0.15, 0.2) is 157 Å². The lowest BCUT2D eigenvalue weighted by molar-refractivity contribution is 0.182. The first-order valence-corrected chi connectivity index (χ1v) is 16.4.